The maximum atomic E-state index is 11.4. The van der Waals surface area contributed by atoms with Gasteiger partial charge in [-0.3, -0.25) is 4.79 Å². The molecule has 0 unspecified atom stereocenters. The summed E-state index contributed by atoms with van der Waals surface area (Å²) in [6, 6.07) is 0. The predicted octanol–water partition coefficient (Wildman–Crippen LogP) is 0.328. The van der Waals surface area contributed by atoms with Crippen molar-refractivity contribution >= 4 is 11.6 Å². The van der Waals surface area contributed by atoms with Crippen LogP contribution in [-0.4, -0.2) is 19.7 Å². The minimum Gasteiger partial charge on any atom is -0.343 e. The van der Waals surface area contributed by atoms with Crippen LogP contribution in [-0.2, 0) is 6.54 Å². The van der Waals surface area contributed by atoms with E-state index >= 15 is 0 Å². The molecule has 2 aromatic heterocycles. The first-order valence-corrected chi connectivity index (χ1v) is 4.11. The zero-order valence-corrected chi connectivity index (χ0v) is 7.68. The molecule has 0 radical (unpaired) electrons. The lowest BCUT2D eigenvalue weighted by Crippen LogP contribution is -2.21. The highest BCUT2D eigenvalue weighted by molar-refractivity contribution is 6.29. The SMILES string of the molecule is O=c1c(Cl)nccn1Cc1ncon1. The van der Waals surface area contributed by atoms with Gasteiger partial charge in [0.05, 0.1) is 6.54 Å². The van der Waals surface area contributed by atoms with Gasteiger partial charge in [0.15, 0.2) is 11.0 Å². The number of hydrogen-bond donors (Lipinski definition) is 0. The quantitative estimate of drug-likeness (QED) is 0.717. The molecule has 2 aromatic rings. The number of hydrogen-bond acceptors (Lipinski definition) is 5. The standard InChI is InChI=1S/C7H5ClN4O2/c8-6-7(13)12(2-1-9-6)3-5-10-4-14-11-5/h1-2,4H,3H2. The van der Waals surface area contributed by atoms with Crippen LogP contribution in [0.4, 0.5) is 0 Å². The predicted molar refractivity (Wildman–Crippen MR) is 46.9 cm³/mol. The fourth-order valence-electron chi connectivity index (χ4n) is 0.960. The Kier molecular flexibility index (Phi) is 2.28. The molecule has 0 spiro atoms. The van der Waals surface area contributed by atoms with E-state index in [4.69, 9.17) is 11.6 Å². The number of halogens is 1. The van der Waals surface area contributed by atoms with E-state index in [1.807, 2.05) is 0 Å². The summed E-state index contributed by atoms with van der Waals surface area (Å²) in [5.74, 6) is 0.411. The maximum Gasteiger partial charge on any atom is 0.288 e. The second-order valence-electron chi connectivity index (χ2n) is 2.50. The van der Waals surface area contributed by atoms with Gasteiger partial charge >= 0.3 is 0 Å². The summed E-state index contributed by atoms with van der Waals surface area (Å²) in [6.07, 6.45) is 4.14. The summed E-state index contributed by atoms with van der Waals surface area (Å²) in [5, 5.41) is 3.50. The molecule has 0 amide bonds. The zero-order valence-electron chi connectivity index (χ0n) is 6.92. The monoisotopic (exact) mass is 212 g/mol. The van der Waals surface area contributed by atoms with Crippen LogP contribution in [0.1, 0.15) is 5.82 Å². The van der Waals surface area contributed by atoms with Gasteiger partial charge in [-0.1, -0.05) is 16.8 Å². The fraction of sp³-hybridized carbons (Fsp3) is 0.143. The molecule has 2 heterocycles. The molecule has 0 saturated heterocycles. The molecule has 0 atom stereocenters. The highest BCUT2D eigenvalue weighted by Crippen LogP contribution is 1.96. The maximum absolute atomic E-state index is 11.4. The van der Waals surface area contributed by atoms with Crippen molar-refractivity contribution in [3.8, 4) is 0 Å². The second kappa shape index (κ2) is 3.59. The largest absolute Gasteiger partial charge is 0.343 e. The molecular weight excluding hydrogens is 208 g/mol. The van der Waals surface area contributed by atoms with Gasteiger partial charge in [0.25, 0.3) is 5.56 Å². The third-order valence-corrected chi connectivity index (χ3v) is 1.85. The third-order valence-electron chi connectivity index (χ3n) is 1.59. The Morgan fingerprint density at radius 1 is 1.50 bits per heavy atom. The van der Waals surface area contributed by atoms with Crippen LogP contribution < -0.4 is 5.56 Å². The van der Waals surface area contributed by atoms with E-state index in [-0.39, 0.29) is 17.3 Å². The topological polar surface area (TPSA) is 73.8 Å². The summed E-state index contributed by atoms with van der Waals surface area (Å²) < 4.78 is 5.88. The number of nitrogens with zero attached hydrogens (tertiary/aromatic N) is 4. The van der Waals surface area contributed by atoms with Gasteiger partial charge in [-0.15, -0.1) is 0 Å². The molecule has 0 bridgehead atoms. The van der Waals surface area contributed by atoms with E-state index in [2.05, 4.69) is 19.6 Å². The Labute approximate surface area is 83.2 Å². The highest BCUT2D eigenvalue weighted by atomic mass is 35.5. The van der Waals surface area contributed by atoms with Crippen molar-refractivity contribution in [2.45, 2.75) is 6.54 Å². The Balaban J connectivity index is 2.34. The molecule has 0 aliphatic carbocycles. The molecule has 2 rings (SSSR count). The van der Waals surface area contributed by atoms with E-state index in [0.717, 1.165) is 0 Å². The summed E-state index contributed by atoms with van der Waals surface area (Å²) >= 11 is 5.55. The van der Waals surface area contributed by atoms with Crippen molar-refractivity contribution in [2.75, 3.05) is 0 Å². The van der Waals surface area contributed by atoms with Gasteiger partial charge < -0.3 is 9.09 Å². The van der Waals surface area contributed by atoms with Crippen molar-refractivity contribution in [2.24, 2.45) is 0 Å². The van der Waals surface area contributed by atoms with Gasteiger partial charge in [0, 0.05) is 12.4 Å². The smallest absolute Gasteiger partial charge is 0.288 e. The van der Waals surface area contributed by atoms with E-state index in [0.29, 0.717) is 5.82 Å². The lowest BCUT2D eigenvalue weighted by molar-refractivity contribution is 0.408. The summed E-state index contributed by atoms with van der Waals surface area (Å²) in [6.45, 7) is 0.220. The average molecular weight is 213 g/mol. The first-order valence-electron chi connectivity index (χ1n) is 3.73. The van der Waals surface area contributed by atoms with E-state index in [1.165, 1.54) is 23.4 Å². The zero-order chi connectivity index (χ0) is 9.97. The molecule has 0 saturated carbocycles. The lowest BCUT2D eigenvalue weighted by Gasteiger charge is -2.00. The van der Waals surface area contributed by atoms with Crippen LogP contribution >= 0.6 is 11.6 Å². The first-order chi connectivity index (χ1) is 6.77. The number of aromatic nitrogens is 4. The summed E-state index contributed by atoms with van der Waals surface area (Å²) in [5.41, 5.74) is -0.376. The summed E-state index contributed by atoms with van der Waals surface area (Å²) in [4.78, 5) is 18.8. The minimum absolute atomic E-state index is 0.0732. The van der Waals surface area contributed by atoms with Crippen molar-refractivity contribution in [1.29, 1.82) is 0 Å². The molecular formula is C7H5ClN4O2. The van der Waals surface area contributed by atoms with Crippen molar-refractivity contribution in [1.82, 2.24) is 19.7 Å². The Bertz CT molecular complexity index is 479. The molecule has 14 heavy (non-hydrogen) atoms. The Morgan fingerprint density at radius 3 is 3.07 bits per heavy atom. The van der Waals surface area contributed by atoms with Crippen LogP contribution in [0.5, 0.6) is 0 Å². The molecule has 6 nitrogen and oxygen atoms in total. The fourth-order valence-corrected chi connectivity index (χ4v) is 1.12. The lowest BCUT2D eigenvalue weighted by atomic mass is 10.5. The van der Waals surface area contributed by atoms with Crippen molar-refractivity contribution in [3.63, 3.8) is 0 Å². The number of rotatable bonds is 2. The highest BCUT2D eigenvalue weighted by Gasteiger charge is 2.04. The van der Waals surface area contributed by atoms with Crippen LogP contribution in [0, 0.1) is 0 Å². The van der Waals surface area contributed by atoms with Crippen LogP contribution in [0.25, 0.3) is 0 Å². The normalized spacial score (nSPS) is 10.4. The Hall–Kier alpha value is -1.69. The van der Waals surface area contributed by atoms with Gasteiger partial charge in [0.2, 0.25) is 6.39 Å². The van der Waals surface area contributed by atoms with Crippen LogP contribution in [0.2, 0.25) is 5.15 Å². The molecule has 72 valence electrons. The van der Waals surface area contributed by atoms with Gasteiger partial charge in [-0.25, -0.2) is 4.98 Å². The van der Waals surface area contributed by atoms with Gasteiger partial charge in [-0.05, 0) is 0 Å². The molecule has 0 N–H and O–H groups in total. The molecule has 0 aliphatic rings. The summed E-state index contributed by atoms with van der Waals surface area (Å²) in [7, 11) is 0. The third kappa shape index (κ3) is 1.64. The Morgan fingerprint density at radius 2 is 2.36 bits per heavy atom. The van der Waals surface area contributed by atoms with Crippen molar-refractivity contribution in [3.05, 3.63) is 40.1 Å². The van der Waals surface area contributed by atoms with Crippen molar-refractivity contribution < 1.29 is 4.52 Å². The van der Waals surface area contributed by atoms with Crippen LogP contribution in [0.15, 0.2) is 28.1 Å². The molecule has 0 aromatic carbocycles. The van der Waals surface area contributed by atoms with E-state index in [1.54, 1.807) is 0 Å². The minimum atomic E-state index is -0.376. The van der Waals surface area contributed by atoms with Gasteiger partial charge in [0.1, 0.15) is 0 Å². The molecule has 0 aliphatic heterocycles. The second-order valence-corrected chi connectivity index (χ2v) is 2.86. The van der Waals surface area contributed by atoms with E-state index < -0.39 is 0 Å². The van der Waals surface area contributed by atoms with Gasteiger partial charge in [-0.2, -0.15) is 4.98 Å². The molecule has 0 fully saturated rings. The molecule has 7 heteroatoms. The first kappa shape index (κ1) is 8.89. The van der Waals surface area contributed by atoms with Crippen LogP contribution in [0.3, 0.4) is 0 Å². The van der Waals surface area contributed by atoms with E-state index in [9.17, 15) is 4.79 Å². The average Bonchev–Trinajstić information content (AvgIpc) is 2.66.